The standard InChI is InChI=1S/C21H37N3O/c1-7-13-21(5,6)25-14-17-15-9-11-18-19(12-10-16(15)17)24(23-22-18)20(3,4)8-2/h15-17H,7-14H2,1-6H3. The number of rotatable bonds is 7. The minimum Gasteiger partial charge on any atom is -0.375 e. The van der Waals surface area contributed by atoms with E-state index in [0.29, 0.717) is 0 Å². The smallest absolute Gasteiger partial charge is 0.0859 e. The first-order chi connectivity index (χ1) is 11.8. The van der Waals surface area contributed by atoms with Gasteiger partial charge in [-0.15, -0.1) is 5.10 Å². The Hall–Kier alpha value is -0.900. The van der Waals surface area contributed by atoms with E-state index in [0.717, 1.165) is 50.0 Å². The summed E-state index contributed by atoms with van der Waals surface area (Å²) in [6.45, 7) is 14.4. The summed E-state index contributed by atoms with van der Waals surface area (Å²) in [7, 11) is 0. The van der Waals surface area contributed by atoms with Crippen molar-refractivity contribution in [1.29, 1.82) is 0 Å². The molecule has 1 heterocycles. The summed E-state index contributed by atoms with van der Waals surface area (Å²) in [5.74, 6) is 2.45. The first-order valence-electron chi connectivity index (χ1n) is 10.4. The zero-order valence-electron chi connectivity index (χ0n) is 17.1. The maximum Gasteiger partial charge on any atom is 0.0859 e. The normalized spacial score (nSPS) is 26.6. The Morgan fingerprint density at radius 1 is 1.08 bits per heavy atom. The number of aryl methyl sites for hydroxylation is 1. The van der Waals surface area contributed by atoms with Crippen LogP contribution in [0.15, 0.2) is 0 Å². The molecule has 4 heteroatoms. The molecule has 0 radical (unpaired) electrons. The molecule has 0 aromatic carbocycles. The second-order valence-electron chi connectivity index (χ2n) is 9.45. The highest BCUT2D eigenvalue weighted by molar-refractivity contribution is 5.16. The summed E-state index contributed by atoms with van der Waals surface area (Å²) in [5, 5.41) is 9.06. The summed E-state index contributed by atoms with van der Waals surface area (Å²) in [6.07, 6.45) is 8.16. The Morgan fingerprint density at radius 2 is 1.76 bits per heavy atom. The fourth-order valence-electron chi connectivity index (χ4n) is 4.64. The number of hydrogen-bond donors (Lipinski definition) is 0. The van der Waals surface area contributed by atoms with Crippen LogP contribution in [0.2, 0.25) is 0 Å². The average Bonchev–Trinajstić information content (AvgIpc) is 3.02. The highest BCUT2D eigenvalue weighted by Crippen LogP contribution is 2.53. The lowest BCUT2D eigenvalue weighted by Gasteiger charge is -2.25. The Balaban J connectivity index is 1.62. The van der Waals surface area contributed by atoms with E-state index in [1.165, 1.54) is 30.7 Å². The molecule has 2 aliphatic carbocycles. The Bertz CT molecular complexity index is 590. The van der Waals surface area contributed by atoms with Crippen LogP contribution in [0.5, 0.6) is 0 Å². The fourth-order valence-corrected chi connectivity index (χ4v) is 4.64. The molecule has 3 unspecified atom stereocenters. The monoisotopic (exact) mass is 347 g/mol. The highest BCUT2D eigenvalue weighted by Gasteiger charge is 2.50. The topological polar surface area (TPSA) is 39.9 Å². The predicted octanol–water partition coefficient (Wildman–Crippen LogP) is 4.76. The molecule has 1 aromatic heterocycles. The summed E-state index contributed by atoms with van der Waals surface area (Å²) in [5.41, 5.74) is 2.74. The maximum absolute atomic E-state index is 6.29. The molecule has 1 fully saturated rings. The van der Waals surface area contributed by atoms with E-state index in [1.54, 1.807) is 0 Å². The molecule has 1 saturated carbocycles. The molecule has 4 nitrogen and oxygen atoms in total. The second kappa shape index (κ2) is 7.02. The molecule has 0 spiro atoms. The average molecular weight is 348 g/mol. The van der Waals surface area contributed by atoms with Crippen molar-refractivity contribution in [3.05, 3.63) is 11.4 Å². The Morgan fingerprint density at radius 3 is 2.40 bits per heavy atom. The van der Waals surface area contributed by atoms with Crippen LogP contribution < -0.4 is 0 Å². The molecule has 0 N–H and O–H groups in total. The van der Waals surface area contributed by atoms with E-state index in [-0.39, 0.29) is 11.1 Å². The van der Waals surface area contributed by atoms with Gasteiger partial charge in [0.15, 0.2) is 0 Å². The highest BCUT2D eigenvalue weighted by atomic mass is 16.5. The molecule has 142 valence electrons. The van der Waals surface area contributed by atoms with Gasteiger partial charge in [-0.1, -0.05) is 25.5 Å². The van der Waals surface area contributed by atoms with Crippen LogP contribution in [0.25, 0.3) is 0 Å². The zero-order chi connectivity index (χ0) is 18.2. The Kier molecular flexibility index (Phi) is 5.30. The molecular weight excluding hydrogens is 310 g/mol. The number of fused-ring (bicyclic) bond motifs is 2. The van der Waals surface area contributed by atoms with Gasteiger partial charge in [0, 0.05) is 0 Å². The van der Waals surface area contributed by atoms with Crippen molar-refractivity contribution in [1.82, 2.24) is 15.0 Å². The molecule has 1 aromatic rings. The predicted molar refractivity (Wildman–Crippen MR) is 102 cm³/mol. The van der Waals surface area contributed by atoms with Gasteiger partial charge >= 0.3 is 0 Å². The fraction of sp³-hybridized carbons (Fsp3) is 0.905. The maximum atomic E-state index is 6.29. The lowest BCUT2D eigenvalue weighted by molar-refractivity contribution is -0.0322. The van der Waals surface area contributed by atoms with Gasteiger partial charge in [-0.05, 0) is 84.0 Å². The van der Waals surface area contributed by atoms with Gasteiger partial charge in [-0.3, -0.25) is 0 Å². The zero-order valence-corrected chi connectivity index (χ0v) is 17.1. The third-order valence-electron chi connectivity index (χ3n) is 6.74. The van der Waals surface area contributed by atoms with E-state index in [4.69, 9.17) is 4.74 Å². The van der Waals surface area contributed by atoms with Crippen molar-refractivity contribution in [2.45, 2.75) is 97.6 Å². The molecule has 2 aliphatic rings. The van der Waals surface area contributed by atoms with Crippen LogP contribution in [0.1, 0.15) is 85.0 Å². The van der Waals surface area contributed by atoms with Crippen molar-refractivity contribution >= 4 is 0 Å². The van der Waals surface area contributed by atoms with E-state index in [1.807, 2.05) is 0 Å². The van der Waals surface area contributed by atoms with Crippen molar-refractivity contribution in [2.75, 3.05) is 6.61 Å². The van der Waals surface area contributed by atoms with E-state index in [2.05, 4.69) is 56.5 Å². The number of nitrogens with zero attached hydrogens (tertiary/aromatic N) is 3. The molecule has 3 atom stereocenters. The van der Waals surface area contributed by atoms with Crippen LogP contribution in [0.4, 0.5) is 0 Å². The summed E-state index contributed by atoms with van der Waals surface area (Å²) in [4.78, 5) is 0. The lowest BCUT2D eigenvalue weighted by Crippen LogP contribution is -2.29. The second-order valence-corrected chi connectivity index (χ2v) is 9.45. The minimum atomic E-state index is 0.0305. The van der Waals surface area contributed by atoms with Gasteiger partial charge in [-0.25, -0.2) is 4.68 Å². The van der Waals surface area contributed by atoms with Crippen molar-refractivity contribution in [3.8, 4) is 0 Å². The molecule has 0 saturated heterocycles. The molecule has 0 amide bonds. The molecule has 0 aliphatic heterocycles. The van der Waals surface area contributed by atoms with Gasteiger partial charge < -0.3 is 4.74 Å². The van der Waals surface area contributed by atoms with E-state index >= 15 is 0 Å². The summed E-state index contributed by atoms with van der Waals surface area (Å²) in [6, 6.07) is 0. The SMILES string of the molecule is CCCC(C)(C)OCC1C2CCc3nnn(C(C)(C)CC)c3CCC21. The quantitative estimate of drug-likeness (QED) is 0.714. The van der Waals surface area contributed by atoms with Crippen LogP contribution in [0.3, 0.4) is 0 Å². The van der Waals surface area contributed by atoms with Gasteiger partial charge in [-0.2, -0.15) is 0 Å². The van der Waals surface area contributed by atoms with Crippen molar-refractivity contribution < 1.29 is 4.74 Å². The third-order valence-corrected chi connectivity index (χ3v) is 6.74. The number of aromatic nitrogens is 3. The molecule has 25 heavy (non-hydrogen) atoms. The largest absolute Gasteiger partial charge is 0.375 e. The summed E-state index contributed by atoms with van der Waals surface area (Å²) < 4.78 is 8.50. The number of hydrogen-bond acceptors (Lipinski definition) is 3. The van der Waals surface area contributed by atoms with Gasteiger partial charge in [0.2, 0.25) is 0 Å². The van der Waals surface area contributed by atoms with E-state index in [9.17, 15) is 0 Å². The van der Waals surface area contributed by atoms with Gasteiger partial charge in [0.1, 0.15) is 0 Å². The van der Waals surface area contributed by atoms with Gasteiger partial charge in [0.25, 0.3) is 0 Å². The lowest BCUT2D eigenvalue weighted by atomic mass is 9.98. The van der Waals surface area contributed by atoms with Crippen LogP contribution in [-0.2, 0) is 23.1 Å². The third kappa shape index (κ3) is 3.94. The van der Waals surface area contributed by atoms with Crippen LogP contribution >= 0.6 is 0 Å². The first-order valence-corrected chi connectivity index (χ1v) is 10.4. The van der Waals surface area contributed by atoms with Crippen molar-refractivity contribution in [3.63, 3.8) is 0 Å². The van der Waals surface area contributed by atoms with Gasteiger partial charge in [0.05, 0.1) is 29.1 Å². The molecule has 0 bridgehead atoms. The van der Waals surface area contributed by atoms with Crippen LogP contribution in [-0.4, -0.2) is 27.2 Å². The number of ether oxygens (including phenoxy) is 1. The first kappa shape index (κ1) is 18.9. The van der Waals surface area contributed by atoms with Crippen molar-refractivity contribution in [2.24, 2.45) is 17.8 Å². The van der Waals surface area contributed by atoms with E-state index < -0.39 is 0 Å². The Labute approximate surface area is 153 Å². The molecule has 3 rings (SSSR count). The molecular formula is C21H37N3O. The summed E-state index contributed by atoms with van der Waals surface area (Å²) >= 11 is 0. The minimum absolute atomic E-state index is 0.0305. The van der Waals surface area contributed by atoms with Crippen LogP contribution in [0, 0.1) is 17.8 Å².